The van der Waals surface area contributed by atoms with Crippen molar-refractivity contribution in [2.75, 3.05) is 5.32 Å². The molecular weight excluding hydrogens is 300 g/mol. The number of hydrogen-bond acceptors (Lipinski definition) is 2. The second kappa shape index (κ2) is 5.84. The van der Waals surface area contributed by atoms with E-state index in [9.17, 15) is 4.79 Å². The first-order chi connectivity index (χ1) is 8.24. The largest absolute Gasteiger partial charge is 0.334 e. The third kappa shape index (κ3) is 3.87. The molecule has 1 aromatic carbocycles. The Hall–Kier alpha value is -1.33. The fourth-order valence-electron chi connectivity index (χ4n) is 1.32. The van der Waals surface area contributed by atoms with E-state index < -0.39 is 0 Å². The Morgan fingerprint density at radius 3 is 2.71 bits per heavy atom. The van der Waals surface area contributed by atoms with Gasteiger partial charge in [0.25, 0.3) is 0 Å². The van der Waals surface area contributed by atoms with Crippen molar-refractivity contribution in [2.24, 2.45) is 0 Å². The van der Waals surface area contributed by atoms with Gasteiger partial charge in [-0.05, 0) is 45.1 Å². The van der Waals surface area contributed by atoms with E-state index in [-0.39, 0.29) is 6.03 Å². The molecule has 88 valence electrons. The summed E-state index contributed by atoms with van der Waals surface area (Å²) in [5, 5.41) is 7.56. The Labute approximate surface area is 112 Å². The van der Waals surface area contributed by atoms with E-state index in [1.54, 1.807) is 11.3 Å². The van der Waals surface area contributed by atoms with Gasteiger partial charge in [-0.3, -0.25) is 0 Å². The third-order valence-electron chi connectivity index (χ3n) is 2.11. The zero-order chi connectivity index (χ0) is 12.1. The van der Waals surface area contributed by atoms with Gasteiger partial charge in [0, 0.05) is 12.2 Å². The summed E-state index contributed by atoms with van der Waals surface area (Å²) in [6.07, 6.45) is 0. The minimum atomic E-state index is -0.196. The number of nitrogens with one attached hydrogen (secondary N) is 2. The summed E-state index contributed by atoms with van der Waals surface area (Å²) in [5.74, 6) is 0. The van der Waals surface area contributed by atoms with E-state index in [0.29, 0.717) is 6.54 Å². The zero-order valence-corrected chi connectivity index (χ0v) is 11.3. The van der Waals surface area contributed by atoms with Gasteiger partial charge in [0.2, 0.25) is 0 Å². The first-order valence-electron chi connectivity index (χ1n) is 5.07. The maximum atomic E-state index is 11.6. The van der Waals surface area contributed by atoms with Crippen LogP contribution in [0.1, 0.15) is 5.56 Å². The third-order valence-corrected chi connectivity index (χ3v) is 3.66. The molecule has 0 saturated carbocycles. The lowest BCUT2D eigenvalue weighted by atomic mass is 10.3. The van der Waals surface area contributed by atoms with Crippen molar-refractivity contribution < 1.29 is 4.79 Å². The molecule has 0 aliphatic heterocycles. The van der Waals surface area contributed by atoms with Gasteiger partial charge in [0.05, 0.1) is 3.79 Å². The number of urea groups is 1. The summed E-state index contributed by atoms with van der Waals surface area (Å²) >= 11 is 4.99. The van der Waals surface area contributed by atoms with Crippen LogP contribution in [0, 0.1) is 0 Å². The molecule has 2 rings (SSSR count). The summed E-state index contributed by atoms with van der Waals surface area (Å²) in [7, 11) is 0. The van der Waals surface area contributed by atoms with Gasteiger partial charge in [-0.1, -0.05) is 18.2 Å². The van der Waals surface area contributed by atoms with Gasteiger partial charge in [-0.15, -0.1) is 11.3 Å². The maximum Gasteiger partial charge on any atom is 0.319 e. The monoisotopic (exact) mass is 310 g/mol. The normalized spacial score (nSPS) is 9.94. The van der Waals surface area contributed by atoms with Crippen molar-refractivity contribution in [3.8, 4) is 0 Å². The fourth-order valence-corrected chi connectivity index (χ4v) is 2.53. The molecule has 3 nitrogen and oxygen atoms in total. The van der Waals surface area contributed by atoms with Crippen molar-refractivity contribution in [3.05, 3.63) is 51.1 Å². The molecule has 0 saturated heterocycles. The van der Waals surface area contributed by atoms with Crippen LogP contribution in [-0.2, 0) is 6.54 Å². The molecule has 0 fully saturated rings. The average Bonchev–Trinajstić information content (AvgIpc) is 2.74. The summed E-state index contributed by atoms with van der Waals surface area (Å²) in [4.78, 5) is 11.6. The summed E-state index contributed by atoms with van der Waals surface area (Å²) in [6.45, 7) is 0.529. The number of carbonyl (C=O) groups excluding carboxylic acids is 1. The molecule has 2 amide bonds. The first-order valence-corrected chi connectivity index (χ1v) is 6.74. The molecule has 2 N–H and O–H groups in total. The van der Waals surface area contributed by atoms with Crippen molar-refractivity contribution in [3.63, 3.8) is 0 Å². The van der Waals surface area contributed by atoms with E-state index in [1.165, 1.54) is 0 Å². The number of carbonyl (C=O) groups is 1. The average molecular weight is 311 g/mol. The van der Waals surface area contributed by atoms with E-state index in [2.05, 4.69) is 26.6 Å². The van der Waals surface area contributed by atoms with Crippen LogP contribution in [0.2, 0.25) is 0 Å². The zero-order valence-electron chi connectivity index (χ0n) is 8.94. The molecule has 17 heavy (non-hydrogen) atoms. The standard InChI is InChI=1S/C12H11BrN2OS/c13-11-6-9(8-17-11)7-14-12(16)15-10-4-2-1-3-5-10/h1-6,8H,7H2,(H2,14,15,16). The summed E-state index contributed by atoms with van der Waals surface area (Å²) < 4.78 is 1.07. The second-order valence-corrected chi connectivity index (χ2v) is 5.72. The Morgan fingerprint density at radius 1 is 1.29 bits per heavy atom. The van der Waals surface area contributed by atoms with Gasteiger partial charge in [-0.2, -0.15) is 0 Å². The molecular formula is C12H11BrN2OS. The highest BCUT2D eigenvalue weighted by molar-refractivity contribution is 9.11. The highest BCUT2D eigenvalue weighted by Gasteiger charge is 2.02. The molecule has 1 heterocycles. The lowest BCUT2D eigenvalue weighted by molar-refractivity contribution is 0.252. The molecule has 0 bridgehead atoms. The molecule has 2 aromatic rings. The van der Waals surface area contributed by atoms with Crippen LogP contribution in [0.5, 0.6) is 0 Å². The predicted octanol–water partition coefficient (Wildman–Crippen LogP) is 3.83. The highest BCUT2D eigenvalue weighted by Crippen LogP contribution is 2.20. The number of amides is 2. The minimum Gasteiger partial charge on any atom is -0.334 e. The summed E-state index contributed by atoms with van der Waals surface area (Å²) in [5.41, 5.74) is 1.88. The van der Waals surface area contributed by atoms with Crippen molar-refractivity contribution in [1.82, 2.24) is 5.32 Å². The van der Waals surface area contributed by atoms with Crippen LogP contribution >= 0.6 is 27.3 Å². The van der Waals surface area contributed by atoms with Crippen molar-refractivity contribution in [2.45, 2.75) is 6.54 Å². The van der Waals surface area contributed by atoms with E-state index in [4.69, 9.17) is 0 Å². The Bertz CT molecular complexity index is 498. The van der Waals surface area contributed by atoms with Gasteiger partial charge < -0.3 is 10.6 Å². The van der Waals surface area contributed by atoms with Crippen LogP contribution in [0.25, 0.3) is 0 Å². The number of thiophene rings is 1. The lowest BCUT2D eigenvalue weighted by Crippen LogP contribution is -2.27. The highest BCUT2D eigenvalue weighted by atomic mass is 79.9. The van der Waals surface area contributed by atoms with Crippen LogP contribution in [0.3, 0.4) is 0 Å². The Kier molecular flexibility index (Phi) is 4.17. The van der Waals surface area contributed by atoms with Crippen LogP contribution in [0.4, 0.5) is 10.5 Å². The molecule has 0 aliphatic rings. The van der Waals surface area contributed by atoms with Gasteiger partial charge in [0.15, 0.2) is 0 Å². The summed E-state index contributed by atoms with van der Waals surface area (Å²) in [6, 6.07) is 11.2. The molecule has 0 aliphatic carbocycles. The van der Waals surface area contributed by atoms with Gasteiger partial charge >= 0.3 is 6.03 Å². The molecule has 0 atom stereocenters. The SMILES string of the molecule is O=C(NCc1csc(Br)c1)Nc1ccccc1. The number of halogens is 1. The van der Waals surface area contributed by atoms with Gasteiger partial charge in [0.1, 0.15) is 0 Å². The Balaban J connectivity index is 1.82. The minimum absolute atomic E-state index is 0.196. The quantitative estimate of drug-likeness (QED) is 0.888. The molecule has 0 radical (unpaired) electrons. The predicted molar refractivity (Wildman–Crippen MR) is 74.3 cm³/mol. The van der Waals surface area contributed by atoms with Crippen molar-refractivity contribution in [1.29, 1.82) is 0 Å². The first kappa shape index (κ1) is 12.1. The topological polar surface area (TPSA) is 41.1 Å². The number of benzene rings is 1. The van der Waals surface area contributed by atoms with Crippen molar-refractivity contribution >= 4 is 39.0 Å². The number of hydrogen-bond donors (Lipinski definition) is 2. The molecule has 0 unspecified atom stereocenters. The van der Waals surface area contributed by atoms with Crippen LogP contribution in [0.15, 0.2) is 45.6 Å². The number of anilines is 1. The smallest absolute Gasteiger partial charge is 0.319 e. The number of para-hydroxylation sites is 1. The number of rotatable bonds is 3. The molecule has 5 heteroatoms. The maximum absolute atomic E-state index is 11.6. The van der Waals surface area contributed by atoms with Crippen LogP contribution in [-0.4, -0.2) is 6.03 Å². The molecule has 0 spiro atoms. The van der Waals surface area contributed by atoms with Gasteiger partial charge in [-0.25, -0.2) is 4.79 Å². The van der Waals surface area contributed by atoms with Crippen LogP contribution < -0.4 is 10.6 Å². The fraction of sp³-hybridized carbons (Fsp3) is 0.0833. The second-order valence-electron chi connectivity index (χ2n) is 3.43. The Morgan fingerprint density at radius 2 is 2.06 bits per heavy atom. The van der Waals surface area contributed by atoms with E-state index in [0.717, 1.165) is 15.0 Å². The van der Waals surface area contributed by atoms with E-state index >= 15 is 0 Å². The lowest BCUT2D eigenvalue weighted by Gasteiger charge is -2.06. The molecule has 1 aromatic heterocycles. The van der Waals surface area contributed by atoms with E-state index in [1.807, 2.05) is 41.8 Å².